The number of ether oxygens (including phenoxy) is 3. The normalized spacial score (nSPS) is 13.8. The van der Waals surface area contributed by atoms with Crippen molar-refractivity contribution in [2.24, 2.45) is 4.99 Å². The van der Waals surface area contributed by atoms with E-state index in [4.69, 9.17) is 56.1 Å². The zero-order valence-corrected chi connectivity index (χ0v) is 63.0. The maximum absolute atomic E-state index is 15.2. The summed E-state index contributed by atoms with van der Waals surface area (Å²) in [5, 5.41) is 17.7. The van der Waals surface area contributed by atoms with E-state index in [2.05, 4.69) is 134 Å². The van der Waals surface area contributed by atoms with E-state index in [0.717, 1.165) is 66.1 Å². The third kappa shape index (κ3) is 23.7. The maximum Gasteiger partial charge on any atom is 1.00 e. The molecule has 1 aromatic heterocycles. The summed E-state index contributed by atoms with van der Waals surface area (Å²) in [4.78, 5) is 47.0. The standard InChI is InChI=1S/C71H82ClN5O8P.2Na.2O3S/c1-7-9-40-76-50-56(72)49-61-68(76)75-65(70(61,3)4)34-31-53(32-35-66-71(5,6)60-27-16-17-28-62(60)77(66)39-8-2)54-22-18-21-52(47-54)29-36-67(80)73-37-19-41-83-43-45-85-46-44-84-42-20-38-74-69(81)55-30-33-59(63(79)51-78)64(48-55)86(82,57-23-12-10-13-24-57)58-25-14-11-15-26-58;;;2*1-4(2)3/h10-15,17-18,21-28,30-35,47-50,78H,2,7-9,19-20,29,36-46,51H2,1,3-6H3,(H,73,80)(H,74,81);;;;/q-1;2*+1;;. The number of allylic oxidation sites excluding steroid dienone is 6. The number of pyridine rings is 1. The second-order valence-corrected chi connectivity index (χ2v) is 27.0. The smallest absolute Gasteiger partial charge is 0.388 e. The molecular formula is C71H82ClN5Na2O14PS2+. The molecule has 0 radical (unpaired) electrons. The fourth-order valence-corrected chi connectivity index (χ4v) is 14.1. The summed E-state index contributed by atoms with van der Waals surface area (Å²) in [6.07, 6.45) is 15.8. The Labute approximate surface area is 616 Å². The molecular weight excluding hydrogens is 1320 g/mol. The second kappa shape index (κ2) is 41.5. The molecule has 3 N–H and O–H groups in total. The number of aryl methyl sites for hydroxylation is 2. The molecule has 0 saturated heterocycles. The van der Waals surface area contributed by atoms with Crippen molar-refractivity contribution in [2.45, 2.75) is 96.9 Å². The van der Waals surface area contributed by atoms with Crippen LogP contribution in [0.2, 0.25) is 5.02 Å². The van der Waals surface area contributed by atoms with Gasteiger partial charge in [-0.25, -0.2) is 4.57 Å². The van der Waals surface area contributed by atoms with Crippen LogP contribution in [0.1, 0.15) is 116 Å². The third-order valence-electron chi connectivity index (χ3n) is 15.8. The summed E-state index contributed by atoms with van der Waals surface area (Å²) in [5.41, 5.74) is 8.58. The molecule has 500 valence electrons. The minimum absolute atomic E-state index is 0. The molecule has 0 fully saturated rings. The number of hydrogen-bond donors (Lipinski definition) is 3. The number of rotatable bonds is 32. The van der Waals surface area contributed by atoms with Gasteiger partial charge in [0.05, 0.1) is 49.0 Å². The van der Waals surface area contributed by atoms with Gasteiger partial charge in [0, 0.05) is 65.5 Å². The fourth-order valence-electron chi connectivity index (χ4n) is 11.0. The van der Waals surface area contributed by atoms with E-state index in [0.29, 0.717) is 94.0 Å². The number of aliphatic imine (C=N–C) groups is 1. The van der Waals surface area contributed by atoms with Crippen molar-refractivity contribution in [3.8, 4) is 0 Å². The van der Waals surface area contributed by atoms with E-state index in [1.54, 1.807) is 48.5 Å². The molecule has 3 heterocycles. The van der Waals surface area contributed by atoms with Gasteiger partial charge in [-0.05, 0) is 110 Å². The number of aromatic nitrogens is 1. The van der Waals surface area contributed by atoms with Crippen LogP contribution in [0, 0.1) is 13.0 Å². The number of carbonyl (C=O) groups is 3. The van der Waals surface area contributed by atoms with Gasteiger partial charge < -0.3 is 46.3 Å². The Hall–Kier alpha value is -5.85. The van der Waals surface area contributed by atoms with Gasteiger partial charge in [0.1, 0.15) is 12.8 Å². The van der Waals surface area contributed by atoms with Crippen molar-refractivity contribution in [1.82, 2.24) is 10.6 Å². The van der Waals surface area contributed by atoms with Crippen LogP contribution in [0.4, 0.5) is 11.5 Å². The molecule has 2 amide bonds. The molecule has 0 aliphatic carbocycles. The molecule has 5 aromatic carbocycles. The minimum atomic E-state index is -3.63. The Morgan fingerprint density at radius 3 is 1.95 bits per heavy atom. The SMILES string of the molecule is O=S(=O)=O.O=S(=O)=O.[CH2-]CCN1\C(=C/C=C(/C=C/C2=Nc3c(cc(Cl)c[n+]3CCCC)C2(C)C)c2cccc(CCC(=O)NCCCOCCOCCOCCCNC(=O)c3ccc(C(=O)CO)c(P(=O)(c4ccccc4)c4ccccc4)c3)c2)C(C)(C)c2c[c-]ccc21.[Na+].[Na+]. The van der Waals surface area contributed by atoms with E-state index < -0.39 is 40.7 Å². The molecule has 0 saturated carbocycles. The zero-order chi connectivity index (χ0) is 68.3. The zero-order valence-electron chi connectivity index (χ0n) is 55.7. The molecule has 2 aliphatic heterocycles. The summed E-state index contributed by atoms with van der Waals surface area (Å²) >= 11 is 6.70. The van der Waals surface area contributed by atoms with Crippen LogP contribution >= 0.6 is 18.7 Å². The number of amides is 2. The molecule has 0 unspecified atom stereocenters. The number of hydrogen-bond acceptors (Lipinski definition) is 16. The fraction of sp³-hybridized carbons (Fsp3) is 0.352. The monoisotopic (exact) mass is 1400 g/mol. The van der Waals surface area contributed by atoms with Crippen LogP contribution in [0.5, 0.6) is 0 Å². The topological polar surface area (TPSA) is 262 Å². The van der Waals surface area contributed by atoms with Crippen LogP contribution in [-0.4, -0.2) is 120 Å². The Kier molecular flexibility index (Phi) is 35.7. The number of halogens is 1. The van der Waals surface area contributed by atoms with Crippen LogP contribution in [0.3, 0.4) is 0 Å². The number of aliphatic hydroxyl groups is 1. The van der Waals surface area contributed by atoms with E-state index in [9.17, 15) is 19.5 Å². The quantitative estimate of drug-likeness (QED) is 0.0104. The first-order valence-electron chi connectivity index (χ1n) is 31.0. The van der Waals surface area contributed by atoms with E-state index in [1.807, 2.05) is 24.4 Å². The summed E-state index contributed by atoms with van der Waals surface area (Å²) < 4.78 is 85.2. The number of unbranched alkanes of at least 4 members (excludes halogenated alkanes) is 1. The van der Waals surface area contributed by atoms with E-state index >= 15 is 4.57 Å². The van der Waals surface area contributed by atoms with Crippen molar-refractivity contribution in [2.75, 3.05) is 70.8 Å². The number of anilines is 1. The van der Waals surface area contributed by atoms with Gasteiger partial charge in [-0.15, -0.1) is 36.9 Å². The summed E-state index contributed by atoms with van der Waals surface area (Å²) in [5.74, 6) is -0.0309. The number of fused-ring (bicyclic) bond motifs is 2. The van der Waals surface area contributed by atoms with Crippen molar-refractivity contribution >= 4 is 96.3 Å². The largest absolute Gasteiger partial charge is 1.00 e. The molecule has 25 heteroatoms. The van der Waals surface area contributed by atoms with Gasteiger partial charge in [0.15, 0.2) is 18.6 Å². The van der Waals surface area contributed by atoms with Crippen LogP contribution in [0.15, 0.2) is 169 Å². The van der Waals surface area contributed by atoms with Gasteiger partial charge in [0.25, 0.3) is 5.91 Å². The summed E-state index contributed by atoms with van der Waals surface area (Å²) in [6.45, 7) is 19.5. The van der Waals surface area contributed by atoms with Crippen molar-refractivity contribution < 1.29 is 127 Å². The Balaban J connectivity index is 0.00000185. The Bertz CT molecular complexity index is 3930. The molecule has 6 aromatic rings. The van der Waals surface area contributed by atoms with E-state index in [1.165, 1.54) is 35.1 Å². The molecule has 0 atom stereocenters. The first-order valence-corrected chi connectivity index (χ1v) is 35.1. The van der Waals surface area contributed by atoms with Gasteiger partial charge in [-0.2, -0.15) is 24.6 Å². The minimum Gasteiger partial charge on any atom is -0.388 e. The first kappa shape index (κ1) is 82.6. The molecule has 0 spiro atoms. The number of benzene rings is 5. The van der Waals surface area contributed by atoms with Crippen molar-refractivity contribution in [3.05, 3.63) is 215 Å². The van der Waals surface area contributed by atoms with Gasteiger partial charge in [-0.3, -0.25) is 14.4 Å². The third-order valence-corrected chi connectivity index (χ3v) is 19.1. The van der Waals surface area contributed by atoms with Crippen molar-refractivity contribution in [3.63, 3.8) is 0 Å². The number of Topliss-reactive ketones (excluding diaryl/α,β-unsaturated/α-hetero) is 1. The van der Waals surface area contributed by atoms with Crippen LogP contribution in [0.25, 0.3) is 5.57 Å². The average molecular weight is 1410 g/mol. The molecule has 2 aliphatic rings. The number of nitrogens with zero attached hydrogens (tertiary/aromatic N) is 3. The summed E-state index contributed by atoms with van der Waals surface area (Å²) in [7, 11) is -9.85. The Morgan fingerprint density at radius 1 is 0.750 bits per heavy atom. The van der Waals surface area contributed by atoms with Crippen molar-refractivity contribution in [1.29, 1.82) is 0 Å². The summed E-state index contributed by atoms with van der Waals surface area (Å²) in [6, 6.07) is 42.3. The number of ketones is 1. The maximum atomic E-state index is 15.2. The number of aliphatic hydroxyl groups excluding tert-OH is 1. The second-order valence-electron chi connectivity index (χ2n) is 23.0. The Morgan fingerprint density at radius 2 is 1.35 bits per heavy atom. The first-order chi connectivity index (χ1) is 45.1. The predicted molar refractivity (Wildman–Crippen MR) is 366 cm³/mol. The molecule has 19 nitrogen and oxygen atoms in total. The average Bonchev–Trinajstić information content (AvgIpc) is 1.04. The number of nitrogens with one attached hydrogen (secondary N) is 2. The van der Waals surface area contributed by atoms with Gasteiger partial charge >= 0.3 is 86.1 Å². The van der Waals surface area contributed by atoms with Crippen LogP contribution < -0.4 is 95.1 Å². The molecule has 8 rings (SSSR count). The molecule has 0 bridgehead atoms. The number of carbonyl (C=O) groups excluding carboxylic acids is 3. The van der Waals surface area contributed by atoms with Gasteiger partial charge in [-0.1, -0.05) is 142 Å². The van der Waals surface area contributed by atoms with Crippen LogP contribution in [-0.2, 0) is 68.6 Å². The van der Waals surface area contributed by atoms with Gasteiger partial charge in [0.2, 0.25) is 5.91 Å². The predicted octanol–water partition coefficient (Wildman–Crippen LogP) is 3.26. The molecule has 96 heavy (non-hydrogen) atoms. The van der Waals surface area contributed by atoms with E-state index in [-0.39, 0.29) is 98.2 Å².